The van der Waals surface area contributed by atoms with E-state index in [0.29, 0.717) is 15.0 Å². The topological polar surface area (TPSA) is 92.2 Å². The second-order valence-corrected chi connectivity index (χ2v) is 12.9. The molecule has 0 fully saturated rings. The Labute approximate surface area is 245 Å². The quantitative estimate of drug-likeness (QED) is 0.225. The zero-order chi connectivity index (χ0) is 28.0. The summed E-state index contributed by atoms with van der Waals surface area (Å²) in [5.41, 5.74) is 6.45. The van der Waals surface area contributed by atoms with E-state index < -0.39 is 10.2 Å². The second kappa shape index (κ2) is 12.8. The predicted molar refractivity (Wildman–Crippen MR) is 155 cm³/mol. The Balaban J connectivity index is 0.000000595. The van der Waals surface area contributed by atoms with Crippen LogP contribution in [0.1, 0.15) is 16.7 Å². The van der Waals surface area contributed by atoms with E-state index in [1.54, 1.807) is 0 Å². The second-order valence-electron chi connectivity index (χ2n) is 8.76. The maximum Gasteiger partial charge on any atom is -0.112 e. The monoisotopic (exact) mass is 630 g/mol. The van der Waals surface area contributed by atoms with Crippen LogP contribution in [-0.2, 0) is 0 Å². The Hall–Kier alpha value is -3.42. The molecule has 6 rings (SSSR count). The third-order valence-corrected chi connectivity index (χ3v) is 9.64. The number of fused-ring (bicyclic) bond motifs is 2. The molecule has 5 aromatic rings. The Morgan fingerprint density at radius 2 is 1.27 bits per heavy atom. The number of benzene rings is 4. The van der Waals surface area contributed by atoms with Crippen LogP contribution in [0.2, 0.25) is 0 Å². The summed E-state index contributed by atoms with van der Waals surface area (Å²) in [4.78, 5) is 1.29. The molecule has 0 aliphatic carbocycles. The predicted octanol–water partition coefficient (Wildman–Crippen LogP) is 3.57. The van der Waals surface area contributed by atoms with Crippen molar-refractivity contribution >= 4 is 57.0 Å². The van der Waals surface area contributed by atoms with Gasteiger partial charge in [0, 0.05) is 0 Å². The van der Waals surface area contributed by atoms with E-state index in [1.807, 2.05) is 11.3 Å². The van der Waals surface area contributed by atoms with Crippen LogP contribution in [0.4, 0.5) is 0 Å². The molecule has 0 amide bonds. The van der Waals surface area contributed by atoms with Crippen molar-refractivity contribution in [2.24, 2.45) is 0 Å². The van der Waals surface area contributed by atoms with Crippen LogP contribution in [0.25, 0.3) is 36.6 Å². The molecular weight excluding hydrogens is 607 g/mol. The van der Waals surface area contributed by atoms with Crippen LogP contribution in [-0.4, -0.2) is 15.0 Å². The van der Waals surface area contributed by atoms with Crippen molar-refractivity contribution in [2.75, 3.05) is 0 Å². The summed E-state index contributed by atoms with van der Waals surface area (Å²) in [7, 11) is -4.94. The van der Waals surface area contributed by atoms with Gasteiger partial charge in [0.1, 0.15) is 0 Å². The molecule has 40 heavy (non-hydrogen) atoms. The molecule has 0 saturated carbocycles. The van der Waals surface area contributed by atoms with Crippen LogP contribution in [0.3, 0.4) is 0 Å². The van der Waals surface area contributed by atoms with Gasteiger partial charge in [0.25, 0.3) is 0 Å². The smallest absolute Gasteiger partial charge is 0.112 e. The molecular formula is C33H23ClO4SSe. The van der Waals surface area contributed by atoms with Gasteiger partial charge < -0.3 is 0 Å². The Morgan fingerprint density at radius 1 is 0.675 bits per heavy atom. The zero-order valence-corrected chi connectivity index (χ0v) is 24.4. The molecule has 198 valence electrons. The first-order valence-corrected chi connectivity index (χ1v) is 16.1. The Kier molecular flexibility index (Phi) is 9.02. The summed E-state index contributed by atoms with van der Waals surface area (Å²) < 4.78 is 38.1. The molecule has 2 heterocycles. The fourth-order valence-corrected chi connectivity index (χ4v) is 7.81. The van der Waals surface area contributed by atoms with E-state index in [1.165, 1.54) is 51.7 Å². The molecule has 1 aliphatic heterocycles. The summed E-state index contributed by atoms with van der Waals surface area (Å²) in [5.74, 6) is 0. The minimum absolute atomic E-state index is 0.306. The van der Waals surface area contributed by atoms with Crippen molar-refractivity contribution in [2.45, 2.75) is 0 Å². The first-order valence-electron chi connectivity index (χ1n) is 12.3. The minimum Gasteiger partial charge on any atom is -0.222 e. The zero-order valence-electron chi connectivity index (χ0n) is 21.1. The standard InChI is InChI=1S/C33H23SSe.ClHO4/c1-3-12-24(13-4-1)31-22-26(28-18-7-9-20-30(28)34-31)16-11-17-27-23-33(25-14-5-2-6-15-25)35-32-21-10-8-19-29(27)32;2-1(3,4)5/h1-23H;(H,2,3,4,5)/q+1;/p-1/b16-11+,27-17+;. The normalized spacial score (nSPS) is 14.0. The summed E-state index contributed by atoms with van der Waals surface area (Å²) in [6.07, 6.45) is 9.12. The van der Waals surface area contributed by atoms with Gasteiger partial charge in [0.2, 0.25) is 0 Å². The third kappa shape index (κ3) is 7.40. The molecule has 0 N–H and O–H groups in total. The van der Waals surface area contributed by atoms with Gasteiger partial charge in [-0.25, -0.2) is 18.6 Å². The minimum atomic E-state index is -4.94. The van der Waals surface area contributed by atoms with E-state index in [2.05, 4.69) is 140 Å². The van der Waals surface area contributed by atoms with Crippen molar-refractivity contribution in [3.8, 4) is 10.4 Å². The average Bonchev–Trinajstić information content (AvgIpc) is 2.97. The molecule has 0 bridgehead atoms. The number of halogens is 1. The van der Waals surface area contributed by atoms with Gasteiger partial charge in [0.05, 0.1) is 0 Å². The van der Waals surface area contributed by atoms with Gasteiger partial charge in [0.15, 0.2) is 0 Å². The van der Waals surface area contributed by atoms with Crippen LogP contribution >= 0.6 is 11.3 Å². The number of rotatable bonds is 4. The van der Waals surface area contributed by atoms with Gasteiger partial charge in [-0.1, -0.05) is 6.07 Å². The third-order valence-electron chi connectivity index (χ3n) is 6.08. The molecule has 0 radical (unpaired) electrons. The molecule has 0 atom stereocenters. The van der Waals surface area contributed by atoms with Gasteiger partial charge in [-0.2, -0.15) is 0 Å². The maximum absolute atomic E-state index is 8.49. The molecule has 0 spiro atoms. The number of hydrogen-bond donors (Lipinski definition) is 0. The fourth-order valence-electron chi connectivity index (χ4n) is 4.34. The maximum atomic E-state index is 8.49. The molecule has 1 aromatic heterocycles. The number of hydrogen-bond acceptors (Lipinski definition) is 4. The van der Waals surface area contributed by atoms with E-state index in [0.717, 1.165) is 0 Å². The largest absolute Gasteiger partial charge is 0.222 e. The molecule has 7 heteroatoms. The Bertz CT molecular complexity index is 1710. The molecule has 1 aliphatic rings. The van der Waals surface area contributed by atoms with Crippen LogP contribution in [0, 0.1) is 10.2 Å². The number of allylic oxidation sites excluding steroid dienone is 4. The van der Waals surface area contributed by atoms with Crippen LogP contribution < -0.4 is 23.1 Å². The van der Waals surface area contributed by atoms with E-state index >= 15 is 0 Å². The van der Waals surface area contributed by atoms with Gasteiger partial charge in [-0.15, -0.1) is 10.2 Å². The summed E-state index contributed by atoms with van der Waals surface area (Å²) in [5, 5.41) is 1.29. The van der Waals surface area contributed by atoms with Crippen molar-refractivity contribution in [1.82, 2.24) is 0 Å². The molecule has 4 aromatic carbocycles. The Morgan fingerprint density at radius 3 is 2.00 bits per heavy atom. The van der Waals surface area contributed by atoms with Crippen molar-refractivity contribution in [1.29, 1.82) is 0 Å². The van der Waals surface area contributed by atoms with Crippen molar-refractivity contribution in [3.05, 3.63) is 150 Å². The summed E-state index contributed by atoms with van der Waals surface area (Å²) in [6.45, 7) is 0. The van der Waals surface area contributed by atoms with Crippen LogP contribution in [0.5, 0.6) is 0 Å². The van der Waals surface area contributed by atoms with Crippen molar-refractivity contribution < 1.29 is 28.9 Å². The van der Waals surface area contributed by atoms with E-state index in [4.69, 9.17) is 18.6 Å². The van der Waals surface area contributed by atoms with Gasteiger partial charge in [-0.3, -0.25) is 0 Å². The van der Waals surface area contributed by atoms with Crippen LogP contribution in [0.15, 0.2) is 133 Å². The SMILES string of the molecule is C1=C(c2ccccc2)[Se]c2ccccc2/C1=C/C=C/c1cc(-c2ccccc2)[s+]c2ccccc12.[O-][Cl+3]([O-])([O-])[O-]. The van der Waals surface area contributed by atoms with Gasteiger partial charge >= 0.3 is 212 Å². The molecule has 4 nitrogen and oxygen atoms in total. The first-order chi connectivity index (χ1) is 19.3. The van der Waals surface area contributed by atoms with Gasteiger partial charge in [-0.05, 0) is 0 Å². The van der Waals surface area contributed by atoms with E-state index in [-0.39, 0.29) is 0 Å². The van der Waals surface area contributed by atoms with E-state index in [9.17, 15) is 0 Å². The summed E-state index contributed by atoms with van der Waals surface area (Å²) in [6, 6.07) is 41.3. The fraction of sp³-hybridized carbons (Fsp3) is 0. The molecule has 0 unspecified atom stereocenters. The average molecular weight is 630 g/mol. The van der Waals surface area contributed by atoms with Crippen molar-refractivity contribution in [3.63, 3.8) is 0 Å². The summed E-state index contributed by atoms with van der Waals surface area (Å²) >= 11 is 2.15. The first kappa shape index (κ1) is 28.1. The molecule has 0 saturated heterocycles.